The van der Waals surface area contributed by atoms with Gasteiger partial charge in [0.1, 0.15) is 0 Å². The second kappa shape index (κ2) is 10.6. The number of aliphatic hydroxyl groups excluding tert-OH is 2. The molecule has 0 radical (unpaired) electrons. The van der Waals surface area contributed by atoms with Gasteiger partial charge in [0.05, 0.1) is 6.61 Å². The fourth-order valence-electron chi connectivity index (χ4n) is 0.302. The molecule has 2 N–H and O–H groups in total. The van der Waals surface area contributed by atoms with Gasteiger partial charge in [-0.3, -0.25) is 0 Å². The summed E-state index contributed by atoms with van der Waals surface area (Å²) in [6.45, 7) is 6.35. The number of aliphatic hydroxyl groups is 2. The Hall–Kier alpha value is -0.410. The molecule has 1 unspecified atom stereocenters. The van der Waals surface area contributed by atoms with Gasteiger partial charge in [-0.05, 0) is 5.92 Å². The van der Waals surface area contributed by atoms with Crippen LogP contribution in [0.5, 0.6) is 0 Å². The summed E-state index contributed by atoms with van der Waals surface area (Å²) in [4.78, 5) is 3.72. The lowest BCUT2D eigenvalue weighted by atomic mass is 10.2. The number of rotatable bonds is 3. The predicted molar refractivity (Wildman–Crippen MR) is 52.6 cm³/mol. The largest absolute Gasteiger partial charge is 0.396 e. The molecule has 0 rings (SSSR count). The minimum absolute atomic E-state index is 0.192. The highest BCUT2D eigenvalue weighted by Gasteiger charge is 1.89. The molecule has 0 aliphatic carbocycles. The lowest BCUT2D eigenvalue weighted by Gasteiger charge is -1.93. The zero-order chi connectivity index (χ0) is 9.98. The number of hydrogen-bond donors (Lipinski definition) is 2. The van der Waals surface area contributed by atoms with Crippen LogP contribution >= 0.6 is 0 Å². The average Bonchev–Trinajstić information content (AvgIpc) is 2.06. The van der Waals surface area contributed by atoms with Gasteiger partial charge < -0.3 is 15.2 Å². The molecule has 74 valence electrons. The first-order valence-corrected chi connectivity index (χ1v) is 4.22. The fourth-order valence-corrected chi connectivity index (χ4v) is 0.302. The third-order valence-electron chi connectivity index (χ3n) is 1.06. The van der Waals surface area contributed by atoms with Crippen molar-refractivity contribution in [3.8, 4) is 0 Å². The van der Waals surface area contributed by atoms with Crippen LogP contribution in [0, 0.1) is 11.8 Å². The average molecular weight is 175 g/mol. The second-order valence-corrected chi connectivity index (χ2v) is 3.14. The molecule has 0 saturated heterocycles. The van der Waals surface area contributed by atoms with Crippen LogP contribution in [0.15, 0.2) is 4.99 Å². The Bertz CT molecular complexity index is 103. The van der Waals surface area contributed by atoms with E-state index >= 15 is 0 Å². The van der Waals surface area contributed by atoms with E-state index in [1.54, 1.807) is 13.3 Å². The Morgan fingerprint density at radius 1 is 1.17 bits per heavy atom. The predicted octanol–water partition coefficient (Wildman–Crippen LogP) is 0.950. The minimum Gasteiger partial charge on any atom is -0.396 e. The van der Waals surface area contributed by atoms with Gasteiger partial charge in [-0.2, -0.15) is 0 Å². The minimum atomic E-state index is 0.192. The van der Waals surface area contributed by atoms with Crippen molar-refractivity contribution in [3.05, 3.63) is 0 Å². The van der Waals surface area contributed by atoms with Crippen LogP contribution in [-0.2, 0) is 0 Å². The van der Waals surface area contributed by atoms with Crippen LogP contribution in [0.4, 0.5) is 0 Å². The van der Waals surface area contributed by atoms with E-state index in [0.29, 0.717) is 12.5 Å². The van der Waals surface area contributed by atoms with Crippen molar-refractivity contribution >= 4 is 6.21 Å². The highest BCUT2D eigenvalue weighted by Crippen LogP contribution is 1.84. The molecular formula is C9H21NO2. The molecule has 0 spiro atoms. The summed E-state index contributed by atoms with van der Waals surface area (Å²) in [5.74, 6) is 0.653. The first-order valence-electron chi connectivity index (χ1n) is 4.22. The smallest absolute Gasteiger partial charge is 0.0506 e. The number of aliphatic imine (C=N–C) groups is 1. The first-order chi connectivity index (χ1) is 5.58. The summed E-state index contributed by atoms with van der Waals surface area (Å²) in [6, 6.07) is 0. The summed E-state index contributed by atoms with van der Waals surface area (Å²) < 4.78 is 0. The van der Waals surface area contributed by atoms with Gasteiger partial charge in [-0.1, -0.05) is 20.8 Å². The Labute approximate surface area is 75.1 Å². The normalized spacial score (nSPS) is 12.9. The zero-order valence-corrected chi connectivity index (χ0v) is 8.49. The highest BCUT2D eigenvalue weighted by atomic mass is 16.3. The summed E-state index contributed by atoms with van der Waals surface area (Å²) in [5, 5.41) is 16.5. The quantitative estimate of drug-likeness (QED) is 0.627. The lowest BCUT2D eigenvalue weighted by molar-refractivity contribution is 0.248. The molecule has 0 aliphatic heterocycles. The van der Waals surface area contributed by atoms with Crippen LogP contribution in [0.2, 0.25) is 0 Å². The summed E-state index contributed by atoms with van der Waals surface area (Å²) >= 11 is 0. The van der Waals surface area contributed by atoms with E-state index in [9.17, 15) is 0 Å². The molecule has 3 nitrogen and oxygen atoms in total. The molecule has 3 heteroatoms. The second-order valence-electron chi connectivity index (χ2n) is 3.14. The molecule has 0 aromatic carbocycles. The van der Waals surface area contributed by atoms with Gasteiger partial charge in [-0.25, -0.2) is 0 Å². The van der Waals surface area contributed by atoms with Crippen LogP contribution < -0.4 is 0 Å². The number of hydrogen-bond acceptors (Lipinski definition) is 3. The third-order valence-corrected chi connectivity index (χ3v) is 1.06. The first kappa shape index (κ1) is 14.1. The van der Waals surface area contributed by atoms with Gasteiger partial charge in [0, 0.05) is 25.8 Å². The van der Waals surface area contributed by atoms with Crippen molar-refractivity contribution in [1.29, 1.82) is 0 Å². The molecule has 0 fully saturated rings. The van der Waals surface area contributed by atoms with Gasteiger partial charge in [0.2, 0.25) is 0 Å². The zero-order valence-electron chi connectivity index (χ0n) is 8.49. The van der Waals surface area contributed by atoms with E-state index in [-0.39, 0.29) is 12.5 Å². The third kappa shape index (κ3) is 16.3. The van der Waals surface area contributed by atoms with Crippen LogP contribution in [0.1, 0.15) is 20.8 Å². The van der Waals surface area contributed by atoms with E-state index < -0.39 is 0 Å². The summed E-state index contributed by atoms with van der Waals surface area (Å²) in [6.07, 6.45) is 1.72. The van der Waals surface area contributed by atoms with Crippen LogP contribution in [0.3, 0.4) is 0 Å². The Balaban J connectivity index is 0. The van der Waals surface area contributed by atoms with Gasteiger partial charge in [0.25, 0.3) is 0 Å². The molecule has 12 heavy (non-hydrogen) atoms. The molecule has 0 aliphatic rings. The topological polar surface area (TPSA) is 52.8 Å². The molecule has 0 aromatic heterocycles. The molecule has 0 saturated carbocycles. The number of nitrogens with zero attached hydrogens (tertiary/aromatic N) is 1. The highest BCUT2D eigenvalue weighted by molar-refractivity contribution is 5.59. The molecule has 0 bridgehead atoms. The summed E-state index contributed by atoms with van der Waals surface area (Å²) in [7, 11) is 1.70. The molecular weight excluding hydrogens is 154 g/mol. The standard InChI is InChI=1S/C5H11NO.C4H10O/c1-5(4-7)3-6-2;1-4(2)3-5/h3,5,7H,4H2,1-2H3;4-5H,3H2,1-2H3. The molecule has 1 atom stereocenters. The maximum absolute atomic E-state index is 8.37. The maximum atomic E-state index is 8.37. The summed E-state index contributed by atoms with van der Waals surface area (Å²) in [5.41, 5.74) is 0. The monoisotopic (exact) mass is 175 g/mol. The Kier molecular flexibility index (Phi) is 12.5. The van der Waals surface area contributed by atoms with Gasteiger partial charge in [-0.15, -0.1) is 0 Å². The molecule has 0 heterocycles. The van der Waals surface area contributed by atoms with Crippen molar-refractivity contribution in [2.45, 2.75) is 20.8 Å². The Morgan fingerprint density at radius 3 is 1.67 bits per heavy atom. The van der Waals surface area contributed by atoms with E-state index in [0.717, 1.165) is 0 Å². The maximum Gasteiger partial charge on any atom is 0.0506 e. The lowest BCUT2D eigenvalue weighted by Crippen LogP contribution is -2.00. The molecule has 0 aromatic rings. The molecule has 0 amide bonds. The van der Waals surface area contributed by atoms with Crippen molar-refractivity contribution in [1.82, 2.24) is 0 Å². The SMILES string of the molecule is CC(C)CO.CN=CC(C)CO. The van der Waals surface area contributed by atoms with E-state index in [4.69, 9.17) is 10.2 Å². The van der Waals surface area contributed by atoms with Crippen molar-refractivity contribution < 1.29 is 10.2 Å². The van der Waals surface area contributed by atoms with E-state index in [2.05, 4.69) is 4.99 Å². The van der Waals surface area contributed by atoms with Gasteiger partial charge >= 0.3 is 0 Å². The van der Waals surface area contributed by atoms with Crippen molar-refractivity contribution in [3.63, 3.8) is 0 Å². The Morgan fingerprint density at radius 2 is 1.58 bits per heavy atom. The van der Waals surface area contributed by atoms with Crippen molar-refractivity contribution in [2.24, 2.45) is 16.8 Å². The van der Waals surface area contributed by atoms with E-state index in [1.807, 2.05) is 20.8 Å². The van der Waals surface area contributed by atoms with Crippen LogP contribution in [0.25, 0.3) is 0 Å². The van der Waals surface area contributed by atoms with Gasteiger partial charge in [0.15, 0.2) is 0 Å². The van der Waals surface area contributed by atoms with E-state index in [1.165, 1.54) is 0 Å². The van der Waals surface area contributed by atoms with Crippen molar-refractivity contribution in [2.75, 3.05) is 20.3 Å². The van der Waals surface area contributed by atoms with Crippen LogP contribution in [-0.4, -0.2) is 36.7 Å². The fraction of sp³-hybridized carbons (Fsp3) is 0.889.